The minimum atomic E-state index is -0.101. The lowest BCUT2D eigenvalue weighted by molar-refractivity contribution is 0.0930. The highest BCUT2D eigenvalue weighted by Crippen LogP contribution is 2.05. The first-order valence-electron chi connectivity index (χ1n) is 4.24. The molecule has 0 radical (unpaired) electrons. The van der Waals surface area contributed by atoms with Gasteiger partial charge in [0.2, 0.25) is 0 Å². The van der Waals surface area contributed by atoms with Gasteiger partial charge in [-0.25, -0.2) is 4.98 Å². The number of carbonyl (C=O) groups is 1. The van der Waals surface area contributed by atoms with Crippen molar-refractivity contribution in [2.75, 3.05) is 19.6 Å². The highest BCUT2D eigenvalue weighted by Gasteiger charge is 2.22. The summed E-state index contributed by atoms with van der Waals surface area (Å²) in [5.74, 6) is 0.0912. The van der Waals surface area contributed by atoms with Gasteiger partial charge in [0.05, 0.1) is 11.6 Å². The van der Waals surface area contributed by atoms with Crippen LogP contribution in [0.25, 0.3) is 0 Å². The van der Waals surface area contributed by atoms with Gasteiger partial charge in [0.15, 0.2) is 5.78 Å². The van der Waals surface area contributed by atoms with E-state index in [4.69, 9.17) is 0 Å². The zero-order valence-electron chi connectivity index (χ0n) is 7.12. The topological polar surface area (TPSA) is 54.0 Å². The number of aromatic nitrogens is 1. The molecule has 2 N–H and O–H groups in total. The second-order valence-corrected chi connectivity index (χ2v) is 3.67. The largest absolute Gasteiger partial charge is 0.313 e. The van der Waals surface area contributed by atoms with Gasteiger partial charge in [-0.3, -0.25) is 4.79 Å². The van der Waals surface area contributed by atoms with Crippen molar-refractivity contribution >= 4 is 17.1 Å². The third-order valence-electron chi connectivity index (χ3n) is 2.04. The van der Waals surface area contributed by atoms with Gasteiger partial charge in [-0.2, -0.15) is 0 Å². The maximum Gasteiger partial charge on any atom is 0.200 e. The standard InChI is InChI=1S/C8H11N3OS/c12-8(7-4-13-5-11-7)6-3-9-1-2-10-6/h4-6,9-10H,1-3H2. The Morgan fingerprint density at radius 2 is 2.54 bits per heavy atom. The Hall–Kier alpha value is -0.780. The number of hydrogen-bond donors (Lipinski definition) is 2. The maximum absolute atomic E-state index is 11.7. The van der Waals surface area contributed by atoms with E-state index >= 15 is 0 Å². The third kappa shape index (κ3) is 1.93. The van der Waals surface area contributed by atoms with Crippen molar-refractivity contribution in [3.05, 3.63) is 16.6 Å². The van der Waals surface area contributed by atoms with Gasteiger partial charge >= 0.3 is 0 Å². The molecule has 0 amide bonds. The molecule has 1 fully saturated rings. The molecule has 1 saturated heterocycles. The number of piperazine rings is 1. The predicted molar refractivity (Wildman–Crippen MR) is 51.1 cm³/mol. The molecule has 0 saturated carbocycles. The van der Waals surface area contributed by atoms with E-state index in [-0.39, 0.29) is 11.8 Å². The number of nitrogens with one attached hydrogen (secondary N) is 2. The molecule has 0 aromatic carbocycles. The van der Waals surface area contributed by atoms with E-state index in [0.717, 1.165) is 13.1 Å². The van der Waals surface area contributed by atoms with E-state index in [0.29, 0.717) is 12.2 Å². The summed E-state index contributed by atoms with van der Waals surface area (Å²) in [5, 5.41) is 8.12. The SMILES string of the molecule is O=C(c1cscn1)C1CNCCN1. The molecule has 1 aromatic rings. The zero-order valence-corrected chi connectivity index (χ0v) is 7.93. The lowest BCUT2D eigenvalue weighted by atomic mass is 10.1. The molecule has 2 rings (SSSR count). The fraction of sp³-hybridized carbons (Fsp3) is 0.500. The quantitative estimate of drug-likeness (QED) is 0.649. The maximum atomic E-state index is 11.7. The van der Waals surface area contributed by atoms with Crippen molar-refractivity contribution in [2.45, 2.75) is 6.04 Å². The molecule has 2 heterocycles. The van der Waals surface area contributed by atoms with Crippen LogP contribution >= 0.6 is 11.3 Å². The molecule has 13 heavy (non-hydrogen) atoms. The number of rotatable bonds is 2. The molecule has 4 nitrogen and oxygen atoms in total. The van der Waals surface area contributed by atoms with Crippen LogP contribution in [-0.4, -0.2) is 36.4 Å². The number of carbonyl (C=O) groups excluding carboxylic acids is 1. The van der Waals surface area contributed by atoms with Gasteiger partial charge in [0, 0.05) is 25.0 Å². The predicted octanol–water partition coefficient (Wildman–Crippen LogP) is -0.113. The first kappa shape index (κ1) is 8.80. The van der Waals surface area contributed by atoms with E-state index in [1.807, 2.05) is 0 Å². The normalized spacial score (nSPS) is 22.9. The van der Waals surface area contributed by atoms with Gasteiger partial charge in [-0.05, 0) is 0 Å². The van der Waals surface area contributed by atoms with Crippen molar-refractivity contribution in [2.24, 2.45) is 0 Å². The van der Waals surface area contributed by atoms with Crippen molar-refractivity contribution in [1.82, 2.24) is 15.6 Å². The number of ketones is 1. The Morgan fingerprint density at radius 1 is 1.62 bits per heavy atom. The average molecular weight is 197 g/mol. The van der Waals surface area contributed by atoms with E-state index in [1.54, 1.807) is 10.9 Å². The Balaban J connectivity index is 2.04. The molecule has 1 unspecified atom stereocenters. The van der Waals surface area contributed by atoms with Crippen LogP contribution in [0, 0.1) is 0 Å². The molecular formula is C8H11N3OS. The summed E-state index contributed by atoms with van der Waals surface area (Å²) in [5.41, 5.74) is 2.26. The molecule has 70 valence electrons. The van der Waals surface area contributed by atoms with Crippen molar-refractivity contribution < 1.29 is 4.79 Å². The molecule has 1 aromatic heterocycles. The smallest absolute Gasteiger partial charge is 0.200 e. The van der Waals surface area contributed by atoms with Gasteiger partial charge in [-0.1, -0.05) is 0 Å². The minimum absolute atomic E-state index is 0.0912. The Morgan fingerprint density at radius 3 is 3.15 bits per heavy atom. The van der Waals surface area contributed by atoms with Crippen LogP contribution in [0.4, 0.5) is 0 Å². The van der Waals surface area contributed by atoms with Crippen LogP contribution in [0.2, 0.25) is 0 Å². The van der Waals surface area contributed by atoms with Gasteiger partial charge in [0.1, 0.15) is 5.69 Å². The minimum Gasteiger partial charge on any atom is -0.313 e. The molecule has 1 atom stereocenters. The summed E-state index contributed by atoms with van der Waals surface area (Å²) >= 11 is 1.45. The summed E-state index contributed by atoms with van der Waals surface area (Å²) in [6.45, 7) is 2.48. The van der Waals surface area contributed by atoms with Gasteiger partial charge < -0.3 is 10.6 Å². The van der Waals surface area contributed by atoms with Crippen LogP contribution in [0.1, 0.15) is 10.5 Å². The number of thiazole rings is 1. The number of Topliss-reactive ketones (excluding diaryl/α,β-unsaturated/α-hetero) is 1. The first-order valence-corrected chi connectivity index (χ1v) is 5.19. The molecular weight excluding hydrogens is 186 g/mol. The summed E-state index contributed by atoms with van der Waals surface area (Å²) in [6, 6.07) is -0.101. The van der Waals surface area contributed by atoms with Crippen molar-refractivity contribution in [3.63, 3.8) is 0 Å². The zero-order chi connectivity index (χ0) is 9.10. The van der Waals surface area contributed by atoms with E-state index in [1.165, 1.54) is 11.3 Å². The van der Waals surface area contributed by atoms with Crippen LogP contribution in [0.15, 0.2) is 10.9 Å². The molecule has 1 aliphatic rings. The second-order valence-electron chi connectivity index (χ2n) is 2.95. The fourth-order valence-electron chi connectivity index (χ4n) is 1.35. The van der Waals surface area contributed by atoms with Crippen LogP contribution in [0.5, 0.6) is 0 Å². The summed E-state index contributed by atoms with van der Waals surface area (Å²) < 4.78 is 0. The monoisotopic (exact) mass is 197 g/mol. The Bertz CT molecular complexity index is 280. The highest BCUT2D eigenvalue weighted by molar-refractivity contribution is 7.07. The van der Waals surface area contributed by atoms with Crippen LogP contribution in [-0.2, 0) is 0 Å². The summed E-state index contributed by atoms with van der Waals surface area (Å²) in [4.78, 5) is 15.7. The van der Waals surface area contributed by atoms with E-state index in [9.17, 15) is 4.79 Å². The van der Waals surface area contributed by atoms with Crippen molar-refractivity contribution in [3.8, 4) is 0 Å². The number of hydrogen-bond acceptors (Lipinski definition) is 5. The second kappa shape index (κ2) is 3.95. The van der Waals surface area contributed by atoms with Gasteiger partial charge in [0.25, 0.3) is 0 Å². The molecule has 0 spiro atoms. The van der Waals surface area contributed by atoms with Gasteiger partial charge in [-0.15, -0.1) is 11.3 Å². The van der Waals surface area contributed by atoms with Crippen LogP contribution in [0.3, 0.4) is 0 Å². The van der Waals surface area contributed by atoms with E-state index < -0.39 is 0 Å². The lowest BCUT2D eigenvalue weighted by Crippen LogP contribution is -2.52. The first-order chi connectivity index (χ1) is 6.38. The average Bonchev–Trinajstić information content (AvgIpc) is 2.71. The Kier molecular flexibility index (Phi) is 2.68. The molecule has 0 aliphatic carbocycles. The third-order valence-corrected chi connectivity index (χ3v) is 2.63. The summed E-state index contributed by atoms with van der Waals surface area (Å²) in [7, 11) is 0. The van der Waals surface area contributed by atoms with Crippen LogP contribution < -0.4 is 10.6 Å². The fourth-order valence-corrected chi connectivity index (χ4v) is 1.89. The van der Waals surface area contributed by atoms with E-state index in [2.05, 4.69) is 15.6 Å². The van der Waals surface area contributed by atoms with Crippen molar-refractivity contribution in [1.29, 1.82) is 0 Å². The number of nitrogens with zero attached hydrogens (tertiary/aromatic N) is 1. The lowest BCUT2D eigenvalue weighted by Gasteiger charge is -2.22. The summed E-state index contributed by atoms with van der Waals surface area (Å²) in [6.07, 6.45) is 0. The molecule has 5 heteroatoms. The molecule has 1 aliphatic heterocycles. The Labute approximate surface area is 80.4 Å². The highest BCUT2D eigenvalue weighted by atomic mass is 32.1. The molecule has 0 bridgehead atoms.